The second kappa shape index (κ2) is 5.87. The fraction of sp³-hybridized carbons (Fsp3) is 0.143. The molecule has 1 atom stereocenters. The van der Waals surface area contributed by atoms with E-state index in [1.165, 1.54) is 11.3 Å². The summed E-state index contributed by atoms with van der Waals surface area (Å²) in [7, 11) is 0. The molecule has 0 saturated carbocycles. The molecule has 1 heterocycles. The number of aryl methyl sites for hydroxylation is 1. The average molecular weight is 355 g/mol. The molecule has 1 aromatic heterocycles. The third kappa shape index (κ3) is 3.06. The topological polar surface area (TPSA) is 40.9 Å². The lowest BCUT2D eigenvalue weighted by molar-refractivity contribution is 0.0982. The van der Waals surface area contributed by atoms with E-state index in [4.69, 9.17) is 11.6 Å². The van der Waals surface area contributed by atoms with Gasteiger partial charge in [0, 0.05) is 5.02 Å². The minimum atomic E-state index is -0.790. The molecule has 1 aromatic carbocycles. The highest BCUT2D eigenvalue weighted by Crippen LogP contribution is 2.31. The SMILES string of the molecule is Cc1cc(C(=O)C(C#N)c2ccc(Cl)cc2)sc1Br. The average Bonchev–Trinajstić information content (AvgIpc) is 2.73. The number of thiophene rings is 1. The van der Waals surface area contributed by atoms with Gasteiger partial charge in [-0.1, -0.05) is 23.7 Å². The molecule has 0 aliphatic rings. The normalized spacial score (nSPS) is 11.9. The molecule has 0 aliphatic carbocycles. The molecule has 0 radical (unpaired) electrons. The van der Waals surface area contributed by atoms with Crippen LogP contribution in [0.25, 0.3) is 0 Å². The number of nitriles is 1. The summed E-state index contributed by atoms with van der Waals surface area (Å²) in [5.41, 5.74) is 1.67. The molecule has 5 heteroatoms. The Balaban J connectivity index is 2.35. The van der Waals surface area contributed by atoms with Crippen LogP contribution in [0, 0.1) is 18.3 Å². The van der Waals surface area contributed by atoms with Crippen LogP contribution < -0.4 is 0 Å². The number of benzene rings is 1. The molecule has 2 aromatic rings. The van der Waals surface area contributed by atoms with Crippen molar-refractivity contribution >= 4 is 44.7 Å². The summed E-state index contributed by atoms with van der Waals surface area (Å²) in [6, 6.07) is 10.7. The predicted molar refractivity (Wildman–Crippen MR) is 80.9 cm³/mol. The van der Waals surface area contributed by atoms with Crippen molar-refractivity contribution in [2.45, 2.75) is 12.8 Å². The van der Waals surface area contributed by atoms with E-state index < -0.39 is 5.92 Å². The van der Waals surface area contributed by atoms with Crippen molar-refractivity contribution in [2.75, 3.05) is 0 Å². The van der Waals surface area contributed by atoms with Gasteiger partial charge in [0.05, 0.1) is 14.7 Å². The quantitative estimate of drug-likeness (QED) is 0.731. The van der Waals surface area contributed by atoms with Gasteiger partial charge in [0.15, 0.2) is 5.78 Å². The summed E-state index contributed by atoms with van der Waals surface area (Å²) >= 11 is 10.5. The molecule has 0 N–H and O–H groups in total. The van der Waals surface area contributed by atoms with E-state index >= 15 is 0 Å². The van der Waals surface area contributed by atoms with Gasteiger partial charge in [0.1, 0.15) is 5.92 Å². The molecule has 0 aliphatic heterocycles. The first-order chi connectivity index (χ1) is 9.02. The van der Waals surface area contributed by atoms with Crippen molar-refractivity contribution in [2.24, 2.45) is 0 Å². The number of ketones is 1. The van der Waals surface area contributed by atoms with Crippen molar-refractivity contribution < 1.29 is 4.79 Å². The van der Waals surface area contributed by atoms with Crippen molar-refractivity contribution in [3.8, 4) is 6.07 Å². The van der Waals surface area contributed by atoms with Crippen LogP contribution in [-0.4, -0.2) is 5.78 Å². The highest BCUT2D eigenvalue weighted by Gasteiger charge is 2.23. The van der Waals surface area contributed by atoms with Crippen LogP contribution in [0.15, 0.2) is 34.1 Å². The Labute approximate surface area is 128 Å². The largest absolute Gasteiger partial charge is 0.291 e. The van der Waals surface area contributed by atoms with Gasteiger partial charge in [0.2, 0.25) is 0 Å². The van der Waals surface area contributed by atoms with E-state index in [0.717, 1.165) is 9.35 Å². The predicted octanol–water partition coefficient (Wildman–Crippen LogP) is 4.96. The van der Waals surface area contributed by atoms with Gasteiger partial charge >= 0.3 is 0 Å². The summed E-state index contributed by atoms with van der Waals surface area (Å²) in [5.74, 6) is -0.967. The van der Waals surface area contributed by atoms with Crippen LogP contribution in [0.1, 0.15) is 26.7 Å². The van der Waals surface area contributed by atoms with Gasteiger partial charge in [-0.2, -0.15) is 5.26 Å². The highest BCUT2D eigenvalue weighted by atomic mass is 79.9. The smallest absolute Gasteiger partial charge is 0.194 e. The second-order valence-corrected chi connectivity index (χ2v) is 6.85. The minimum absolute atomic E-state index is 0.177. The van der Waals surface area contributed by atoms with Crippen LogP contribution in [0.2, 0.25) is 5.02 Å². The molecule has 0 amide bonds. The van der Waals surface area contributed by atoms with Crippen LogP contribution >= 0.6 is 38.9 Å². The van der Waals surface area contributed by atoms with Crippen LogP contribution in [0.4, 0.5) is 0 Å². The maximum absolute atomic E-state index is 12.4. The summed E-state index contributed by atoms with van der Waals surface area (Å²) in [6.45, 7) is 1.92. The molecular formula is C14H9BrClNOS. The van der Waals surface area contributed by atoms with Crippen LogP contribution in [-0.2, 0) is 0 Å². The molecule has 2 nitrogen and oxygen atoms in total. The zero-order valence-electron chi connectivity index (χ0n) is 9.98. The third-order valence-electron chi connectivity index (χ3n) is 2.69. The van der Waals surface area contributed by atoms with Gasteiger partial charge in [-0.05, 0) is 52.2 Å². The number of carbonyl (C=O) groups is 1. The molecule has 19 heavy (non-hydrogen) atoms. The lowest BCUT2D eigenvalue weighted by Crippen LogP contribution is -2.09. The molecule has 0 fully saturated rings. The maximum Gasteiger partial charge on any atom is 0.194 e. The van der Waals surface area contributed by atoms with Gasteiger partial charge in [-0.15, -0.1) is 11.3 Å². The zero-order chi connectivity index (χ0) is 14.0. The number of rotatable bonds is 3. The van der Waals surface area contributed by atoms with Crippen molar-refractivity contribution in [3.05, 3.63) is 55.1 Å². The maximum atomic E-state index is 12.4. The molecular weight excluding hydrogens is 346 g/mol. The molecule has 96 valence electrons. The van der Waals surface area contributed by atoms with Crippen molar-refractivity contribution in [1.29, 1.82) is 5.26 Å². The first kappa shape index (κ1) is 14.3. The summed E-state index contributed by atoms with van der Waals surface area (Å²) in [6.07, 6.45) is 0. The van der Waals surface area contributed by atoms with E-state index in [9.17, 15) is 10.1 Å². The van der Waals surface area contributed by atoms with Gasteiger partial charge < -0.3 is 0 Å². The minimum Gasteiger partial charge on any atom is -0.291 e. The fourth-order valence-corrected chi connectivity index (χ4v) is 3.29. The van der Waals surface area contributed by atoms with E-state index in [1.807, 2.05) is 6.92 Å². The molecule has 0 saturated heterocycles. The third-order valence-corrected chi connectivity index (χ3v) is 5.10. The Morgan fingerprint density at radius 1 is 1.42 bits per heavy atom. The number of hydrogen-bond donors (Lipinski definition) is 0. The molecule has 2 rings (SSSR count). The molecule has 0 bridgehead atoms. The Bertz CT molecular complexity index is 638. The second-order valence-electron chi connectivity index (χ2n) is 4.05. The number of Topliss-reactive ketones (excluding diaryl/α,β-unsaturated/α-hetero) is 1. The van der Waals surface area contributed by atoms with Crippen LogP contribution in [0.5, 0.6) is 0 Å². The lowest BCUT2D eigenvalue weighted by Gasteiger charge is -2.07. The number of hydrogen-bond acceptors (Lipinski definition) is 3. The first-order valence-corrected chi connectivity index (χ1v) is 7.47. The van der Waals surface area contributed by atoms with E-state index in [1.54, 1.807) is 30.3 Å². The van der Waals surface area contributed by atoms with Crippen molar-refractivity contribution in [3.63, 3.8) is 0 Å². The Morgan fingerprint density at radius 3 is 2.53 bits per heavy atom. The monoisotopic (exact) mass is 353 g/mol. The Kier molecular flexibility index (Phi) is 4.41. The summed E-state index contributed by atoms with van der Waals surface area (Å²) in [4.78, 5) is 12.9. The van der Waals surface area contributed by atoms with E-state index in [2.05, 4.69) is 22.0 Å². The summed E-state index contributed by atoms with van der Waals surface area (Å²) < 4.78 is 0.920. The number of halogens is 2. The lowest BCUT2D eigenvalue weighted by atomic mass is 9.95. The molecule has 1 unspecified atom stereocenters. The van der Waals surface area contributed by atoms with Gasteiger partial charge in [-0.3, -0.25) is 4.79 Å². The van der Waals surface area contributed by atoms with Crippen molar-refractivity contribution in [1.82, 2.24) is 0 Å². The number of nitrogens with zero attached hydrogens (tertiary/aromatic N) is 1. The van der Waals surface area contributed by atoms with Gasteiger partial charge in [0.25, 0.3) is 0 Å². The standard InChI is InChI=1S/C14H9BrClNOS/c1-8-6-12(19-14(8)15)13(18)11(7-17)9-2-4-10(16)5-3-9/h2-6,11H,1H3. The van der Waals surface area contributed by atoms with Gasteiger partial charge in [-0.25, -0.2) is 0 Å². The fourth-order valence-electron chi connectivity index (χ4n) is 1.66. The zero-order valence-corrected chi connectivity index (χ0v) is 13.1. The Hall–Kier alpha value is -1.15. The first-order valence-electron chi connectivity index (χ1n) is 5.48. The highest BCUT2D eigenvalue weighted by molar-refractivity contribution is 9.11. The Morgan fingerprint density at radius 2 is 2.05 bits per heavy atom. The van der Waals surface area contributed by atoms with E-state index in [0.29, 0.717) is 15.5 Å². The summed E-state index contributed by atoms with van der Waals surface area (Å²) in [5, 5.41) is 9.83. The number of carbonyl (C=O) groups excluding carboxylic acids is 1. The molecule has 0 spiro atoms. The van der Waals surface area contributed by atoms with E-state index in [-0.39, 0.29) is 5.78 Å². The van der Waals surface area contributed by atoms with Crippen LogP contribution in [0.3, 0.4) is 0 Å².